The van der Waals surface area contributed by atoms with Crippen LogP contribution in [0.2, 0.25) is 0 Å². The summed E-state index contributed by atoms with van der Waals surface area (Å²) in [5, 5.41) is 6.59. The average Bonchev–Trinajstić information content (AvgIpc) is 2.86. The van der Waals surface area contributed by atoms with E-state index >= 15 is 0 Å². The number of aliphatic imine (C=N–C) groups is 1. The molecule has 1 atom stereocenters. The number of nitrogens with zero attached hydrogens (tertiary/aromatic N) is 1. The first-order chi connectivity index (χ1) is 11.1. The van der Waals surface area contributed by atoms with Crippen LogP contribution in [-0.4, -0.2) is 45.5 Å². The van der Waals surface area contributed by atoms with E-state index in [2.05, 4.69) is 22.5 Å². The van der Waals surface area contributed by atoms with Gasteiger partial charge in [-0.05, 0) is 25.7 Å². The largest absolute Gasteiger partial charge is 0.357 e. The van der Waals surface area contributed by atoms with E-state index in [1.54, 1.807) is 0 Å². The first kappa shape index (κ1) is 20.3. The minimum atomic E-state index is -2.80. The number of unbranched alkanes of at least 4 members (excludes halogenated alkanes) is 6. The fraction of sp³-hybridized carbons (Fsp3) is 0.941. The maximum atomic E-state index is 11.5. The summed E-state index contributed by atoms with van der Waals surface area (Å²) in [7, 11) is -2.80. The van der Waals surface area contributed by atoms with Gasteiger partial charge in [0.1, 0.15) is 0 Å². The highest BCUT2D eigenvalue weighted by atomic mass is 32.2. The van der Waals surface area contributed by atoms with Crippen molar-refractivity contribution in [3.8, 4) is 0 Å². The van der Waals surface area contributed by atoms with Gasteiger partial charge in [-0.25, -0.2) is 8.42 Å². The molecule has 1 rings (SSSR count). The molecule has 1 fully saturated rings. The molecule has 0 aromatic rings. The first-order valence-corrected chi connectivity index (χ1v) is 11.1. The fourth-order valence-corrected chi connectivity index (χ4v) is 4.72. The summed E-state index contributed by atoms with van der Waals surface area (Å²) in [5.41, 5.74) is 0. The lowest BCUT2D eigenvalue weighted by Crippen LogP contribution is -2.38. The van der Waals surface area contributed by atoms with Crippen LogP contribution in [0.15, 0.2) is 4.99 Å². The molecule has 2 N–H and O–H groups in total. The van der Waals surface area contributed by atoms with Crippen molar-refractivity contribution in [1.82, 2.24) is 10.6 Å². The maximum Gasteiger partial charge on any atom is 0.191 e. The normalized spacial score (nSPS) is 20.6. The van der Waals surface area contributed by atoms with Gasteiger partial charge in [0.15, 0.2) is 15.8 Å². The SMILES string of the molecule is CCCCCCCCCNC(=NCC1CCS(=O)(=O)C1)NCC. The highest BCUT2D eigenvalue weighted by Gasteiger charge is 2.27. The van der Waals surface area contributed by atoms with Gasteiger partial charge in [0.2, 0.25) is 0 Å². The van der Waals surface area contributed by atoms with E-state index in [1.807, 2.05) is 6.92 Å². The van der Waals surface area contributed by atoms with Gasteiger partial charge in [0.05, 0.1) is 11.5 Å². The Morgan fingerprint density at radius 3 is 2.35 bits per heavy atom. The van der Waals surface area contributed by atoms with Crippen molar-refractivity contribution in [1.29, 1.82) is 0 Å². The van der Waals surface area contributed by atoms with Crippen LogP contribution in [0.25, 0.3) is 0 Å². The third kappa shape index (κ3) is 9.84. The van der Waals surface area contributed by atoms with Crippen molar-refractivity contribution in [2.24, 2.45) is 10.9 Å². The van der Waals surface area contributed by atoms with Crippen LogP contribution in [0, 0.1) is 5.92 Å². The molecule has 136 valence electrons. The molecule has 0 aliphatic carbocycles. The van der Waals surface area contributed by atoms with E-state index in [1.165, 1.54) is 38.5 Å². The molecule has 0 radical (unpaired) electrons. The van der Waals surface area contributed by atoms with Crippen molar-refractivity contribution in [3.63, 3.8) is 0 Å². The third-order valence-electron chi connectivity index (χ3n) is 4.25. The molecule has 6 heteroatoms. The second-order valence-corrected chi connectivity index (χ2v) is 8.77. The van der Waals surface area contributed by atoms with E-state index in [9.17, 15) is 8.42 Å². The Labute approximate surface area is 142 Å². The topological polar surface area (TPSA) is 70.6 Å². The standard InChI is InChI=1S/C17H35N3O2S/c1-3-5-6-7-8-9-10-12-19-17(18-4-2)20-14-16-11-13-23(21,22)15-16/h16H,3-15H2,1-2H3,(H2,18,19,20). The van der Waals surface area contributed by atoms with Gasteiger partial charge in [-0.2, -0.15) is 0 Å². The molecule has 0 spiro atoms. The van der Waals surface area contributed by atoms with Crippen LogP contribution in [-0.2, 0) is 9.84 Å². The molecule has 0 bridgehead atoms. The summed E-state index contributed by atoms with van der Waals surface area (Å²) >= 11 is 0. The van der Waals surface area contributed by atoms with E-state index in [-0.39, 0.29) is 5.92 Å². The molecule has 1 unspecified atom stereocenters. The minimum Gasteiger partial charge on any atom is -0.357 e. The quantitative estimate of drug-likeness (QED) is 0.343. The van der Waals surface area contributed by atoms with Gasteiger partial charge in [-0.15, -0.1) is 0 Å². The van der Waals surface area contributed by atoms with Crippen LogP contribution in [0.5, 0.6) is 0 Å². The average molecular weight is 346 g/mol. The Balaban J connectivity index is 2.17. The third-order valence-corrected chi connectivity index (χ3v) is 6.09. The summed E-state index contributed by atoms with van der Waals surface area (Å²) in [5.74, 6) is 1.64. The molecule has 1 aliphatic rings. The van der Waals surface area contributed by atoms with Crippen molar-refractivity contribution in [2.75, 3.05) is 31.1 Å². The van der Waals surface area contributed by atoms with Crippen LogP contribution in [0.4, 0.5) is 0 Å². The molecule has 1 aliphatic heterocycles. The highest BCUT2D eigenvalue weighted by Crippen LogP contribution is 2.18. The molecule has 0 aromatic heterocycles. The van der Waals surface area contributed by atoms with Gasteiger partial charge in [-0.3, -0.25) is 4.99 Å². The van der Waals surface area contributed by atoms with Gasteiger partial charge >= 0.3 is 0 Å². The predicted molar refractivity (Wildman–Crippen MR) is 98.7 cm³/mol. The first-order valence-electron chi connectivity index (χ1n) is 9.30. The lowest BCUT2D eigenvalue weighted by atomic mass is 10.1. The Morgan fingerprint density at radius 1 is 1.04 bits per heavy atom. The number of hydrogen-bond acceptors (Lipinski definition) is 3. The molecule has 0 aromatic carbocycles. The number of sulfone groups is 1. The molecule has 1 heterocycles. The Morgan fingerprint density at radius 2 is 1.74 bits per heavy atom. The van der Waals surface area contributed by atoms with Crippen LogP contribution in [0.1, 0.15) is 65.2 Å². The lowest BCUT2D eigenvalue weighted by molar-refractivity contribution is 0.579. The second kappa shape index (κ2) is 11.7. The van der Waals surface area contributed by atoms with Crippen LogP contribution < -0.4 is 10.6 Å². The van der Waals surface area contributed by atoms with E-state index in [4.69, 9.17) is 0 Å². The van der Waals surface area contributed by atoms with Crippen LogP contribution in [0.3, 0.4) is 0 Å². The van der Waals surface area contributed by atoms with Crippen molar-refractivity contribution in [2.45, 2.75) is 65.2 Å². The summed E-state index contributed by atoms with van der Waals surface area (Å²) in [6.45, 7) is 6.65. The van der Waals surface area contributed by atoms with E-state index in [0.717, 1.165) is 31.9 Å². The van der Waals surface area contributed by atoms with Gasteiger partial charge in [0, 0.05) is 19.6 Å². The molecule has 0 amide bonds. The molecular weight excluding hydrogens is 310 g/mol. The monoisotopic (exact) mass is 345 g/mol. The zero-order valence-electron chi connectivity index (χ0n) is 14.9. The number of rotatable bonds is 11. The zero-order valence-corrected chi connectivity index (χ0v) is 15.8. The Hall–Kier alpha value is -0.780. The molecule has 23 heavy (non-hydrogen) atoms. The second-order valence-electron chi connectivity index (χ2n) is 6.54. The summed E-state index contributed by atoms with van der Waals surface area (Å²) < 4.78 is 22.9. The number of hydrogen-bond donors (Lipinski definition) is 2. The predicted octanol–water partition coefficient (Wildman–Crippen LogP) is 2.73. The molecule has 5 nitrogen and oxygen atoms in total. The van der Waals surface area contributed by atoms with Gasteiger partial charge < -0.3 is 10.6 Å². The van der Waals surface area contributed by atoms with Crippen molar-refractivity contribution in [3.05, 3.63) is 0 Å². The zero-order chi connectivity index (χ0) is 17.0. The highest BCUT2D eigenvalue weighted by molar-refractivity contribution is 7.91. The van der Waals surface area contributed by atoms with Gasteiger partial charge in [-0.1, -0.05) is 45.4 Å². The summed E-state index contributed by atoms with van der Waals surface area (Å²) in [6, 6.07) is 0. The minimum absolute atomic E-state index is 0.189. The smallest absolute Gasteiger partial charge is 0.191 e. The summed E-state index contributed by atoms with van der Waals surface area (Å²) in [4.78, 5) is 4.55. The van der Waals surface area contributed by atoms with Crippen molar-refractivity contribution >= 4 is 15.8 Å². The lowest BCUT2D eigenvalue weighted by Gasteiger charge is -2.12. The molecular formula is C17H35N3O2S. The van der Waals surface area contributed by atoms with Crippen molar-refractivity contribution < 1.29 is 8.42 Å². The fourth-order valence-electron chi connectivity index (χ4n) is 2.87. The number of guanidine groups is 1. The summed E-state index contributed by atoms with van der Waals surface area (Å²) in [6.07, 6.45) is 9.85. The Kier molecular flexibility index (Phi) is 10.3. The van der Waals surface area contributed by atoms with Crippen LogP contribution >= 0.6 is 0 Å². The van der Waals surface area contributed by atoms with Gasteiger partial charge in [0.25, 0.3) is 0 Å². The van der Waals surface area contributed by atoms with E-state index < -0.39 is 9.84 Å². The maximum absolute atomic E-state index is 11.5. The molecule has 1 saturated heterocycles. The molecule has 0 saturated carbocycles. The number of nitrogens with one attached hydrogen (secondary N) is 2. The van der Waals surface area contributed by atoms with E-state index in [0.29, 0.717) is 18.1 Å². The Bertz CT molecular complexity index is 435.